The first-order valence-electron chi connectivity index (χ1n) is 8.08. The zero-order valence-corrected chi connectivity index (χ0v) is 14.8. The fourth-order valence-corrected chi connectivity index (χ4v) is 3.36. The first kappa shape index (κ1) is 19.0. The molecule has 2 aromatic carbocycles. The molecule has 1 unspecified atom stereocenters. The molecule has 1 aliphatic rings. The van der Waals surface area contributed by atoms with Gasteiger partial charge in [0.05, 0.1) is 0 Å². The molecule has 0 spiro atoms. The first-order valence-corrected chi connectivity index (χ1v) is 8.08. The van der Waals surface area contributed by atoms with E-state index < -0.39 is 11.5 Å². The first-order chi connectivity index (χ1) is 11.5. The van der Waals surface area contributed by atoms with Crippen LogP contribution in [0.5, 0.6) is 0 Å². The van der Waals surface area contributed by atoms with Crippen molar-refractivity contribution in [3.8, 4) is 11.1 Å². The number of rotatable bonds is 4. The maximum Gasteiger partial charge on any atom is 0.280 e. The van der Waals surface area contributed by atoms with Crippen LogP contribution >= 0.6 is 12.4 Å². The summed E-state index contributed by atoms with van der Waals surface area (Å²) in [5.74, 6) is -0.781. The van der Waals surface area contributed by atoms with Crippen molar-refractivity contribution in [2.24, 2.45) is 16.5 Å². The van der Waals surface area contributed by atoms with Gasteiger partial charge in [-0.2, -0.15) is 4.99 Å². The lowest BCUT2D eigenvalue weighted by atomic mass is 9.86. The van der Waals surface area contributed by atoms with Crippen molar-refractivity contribution in [1.29, 1.82) is 0 Å². The molecule has 1 amide bonds. The van der Waals surface area contributed by atoms with Crippen LogP contribution in [0.1, 0.15) is 47.7 Å². The molecule has 1 atom stereocenters. The summed E-state index contributed by atoms with van der Waals surface area (Å²) in [7, 11) is 0. The number of aliphatic imine (C=N–C) groups is 1. The van der Waals surface area contributed by atoms with Gasteiger partial charge in [0, 0.05) is 5.56 Å². The number of carbonyl (C=O) groups excluding carboxylic acids is 1. The molecule has 0 saturated carbocycles. The summed E-state index contributed by atoms with van der Waals surface area (Å²) >= 11 is 0. The number of halogens is 1. The summed E-state index contributed by atoms with van der Waals surface area (Å²) < 4.78 is 0. The summed E-state index contributed by atoms with van der Waals surface area (Å²) in [6.45, 7) is 2.09. The largest absolute Gasteiger partial charge is 0.380 e. The Kier molecular flexibility index (Phi) is 5.50. The lowest BCUT2D eigenvalue weighted by Gasteiger charge is -2.26. The van der Waals surface area contributed by atoms with E-state index in [-0.39, 0.29) is 18.4 Å². The third kappa shape index (κ3) is 3.25. The predicted molar refractivity (Wildman–Crippen MR) is 102 cm³/mol. The molecule has 0 saturated heterocycles. The molecule has 2 aromatic rings. The minimum Gasteiger partial charge on any atom is -0.380 e. The molecular weight excluding hydrogens is 338 g/mol. The van der Waals surface area contributed by atoms with Gasteiger partial charge >= 0.3 is 0 Å². The summed E-state index contributed by atoms with van der Waals surface area (Å²) in [5.41, 5.74) is 13.4. The van der Waals surface area contributed by atoms with Crippen molar-refractivity contribution in [2.45, 2.75) is 31.8 Å². The Morgan fingerprint density at radius 3 is 2.48 bits per heavy atom. The zero-order chi connectivity index (χ0) is 17.3. The number of fused-ring (bicyclic) bond motifs is 3. The third-order valence-corrected chi connectivity index (χ3v) is 4.50. The van der Waals surface area contributed by atoms with Gasteiger partial charge in [-0.15, -0.1) is 12.4 Å². The van der Waals surface area contributed by atoms with E-state index in [0.717, 1.165) is 35.1 Å². The molecule has 0 radical (unpaired) electrons. The van der Waals surface area contributed by atoms with Crippen LogP contribution in [0.25, 0.3) is 11.1 Å². The number of nitrogens with two attached hydrogens (primary N) is 2. The van der Waals surface area contributed by atoms with E-state index >= 15 is 0 Å². The highest BCUT2D eigenvalue weighted by atomic mass is 35.5. The highest BCUT2D eigenvalue weighted by molar-refractivity contribution is 6.02. The van der Waals surface area contributed by atoms with Crippen LogP contribution in [-0.2, 0) is 5.60 Å². The molecule has 0 bridgehead atoms. The summed E-state index contributed by atoms with van der Waals surface area (Å²) in [5, 5.41) is 11.4. The average molecular weight is 360 g/mol. The molecular formula is C19H22ClN3O2. The van der Waals surface area contributed by atoms with Gasteiger partial charge in [0.15, 0.2) is 5.96 Å². The molecule has 3 rings (SSSR count). The topological polar surface area (TPSA) is 102 Å². The van der Waals surface area contributed by atoms with Gasteiger partial charge in [0.1, 0.15) is 5.60 Å². The van der Waals surface area contributed by atoms with Crippen LogP contribution in [-0.4, -0.2) is 17.0 Å². The van der Waals surface area contributed by atoms with Crippen molar-refractivity contribution in [1.82, 2.24) is 0 Å². The predicted octanol–water partition coefficient (Wildman–Crippen LogP) is 2.93. The molecule has 5 N–H and O–H groups in total. The Hall–Kier alpha value is -2.37. The van der Waals surface area contributed by atoms with Crippen LogP contribution in [0.2, 0.25) is 0 Å². The molecule has 0 aliphatic heterocycles. The lowest BCUT2D eigenvalue weighted by Crippen LogP contribution is -2.25. The van der Waals surface area contributed by atoms with E-state index in [9.17, 15) is 9.90 Å². The molecule has 132 valence electrons. The SMILES string of the molecule is CCCCC1(O)c2ccccc2-c2ccc(C(=O)N=C(N)N)cc21.Cl. The maximum atomic E-state index is 12.1. The number of benzene rings is 2. The number of unbranched alkanes of at least 4 members (excludes halogenated alkanes) is 1. The average Bonchev–Trinajstić information content (AvgIpc) is 2.82. The van der Waals surface area contributed by atoms with Crippen molar-refractivity contribution in [2.75, 3.05) is 0 Å². The Morgan fingerprint density at radius 2 is 1.80 bits per heavy atom. The minimum atomic E-state index is -1.09. The summed E-state index contributed by atoms with van der Waals surface area (Å²) in [4.78, 5) is 15.7. The second-order valence-electron chi connectivity index (χ2n) is 6.11. The van der Waals surface area contributed by atoms with E-state index in [4.69, 9.17) is 11.5 Å². The van der Waals surface area contributed by atoms with Crippen LogP contribution in [0, 0.1) is 0 Å². The molecule has 1 aliphatic carbocycles. The maximum absolute atomic E-state index is 12.1. The van der Waals surface area contributed by atoms with E-state index in [1.807, 2.05) is 30.3 Å². The van der Waals surface area contributed by atoms with E-state index in [1.54, 1.807) is 12.1 Å². The van der Waals surface area contributed by atoms with Crippen molar-refractivity contribution >= 4 is 24.3 Å². The van der Waals surface area contributed by atoms with Crippen LogP contribution in [0.15, 0.2) is 47.5 Å². The smallest absolute Gasteiger partial charge is 0.280 e. The number of guanidine groups is 1. The van der Waals surface area contributed by atoms with Crippen molar-refractivity contribution in [3.63, 3.8) is 0 Å². The molecule has 0 fully saturated rings. The van der Waals surface area contributed by atoms with Gasteiger partial charge in [0.25, 0.3) is 5.91 Å². The van der Waals surface area contributed by atoms with E-state index in [0.29, 0.717) is 12.0 Å². The highest BCUT2D eigenvalue weighted by Crippen LogP contribution is 2.50. The fourth-order valence-electron chi connectivity index (χ4n) is 3.36. The number of carbonyl (C=O) groups is 1. The number of hydrogen-bond donors (Lipinski definition) is 3. The quantitative estimate of drug-likeness (QED) is 0.577. The van der Waals surface area contributed by atoms with Gasteiger partial charge < -0.3 is 16.6 Å². The van der Waals surface area contributed by atoms with Crippen LogP contribution < -0.4 is 11.5 Å². The summed E-state index contributed by atoms with van der Waals surface area (Å²) in [6, 6.07) is 13.1. The Bertz CT molecular complexity index is 831. The molecule has 6 heteroatoms. The van der Waals surface area contributed by atoms with Gasteiger partial charge in [-0.3, -0.25) is 4.79 Å². The number of hydrogen-bond acceptors (Lipinski definition) is 2. The van der Waals surface area contributed by atoms with Crippen LogP contribution in [0.3, 0.4) is 0 Å². The third-order valence-electron chi connectivity index (χ3n) is 4.50. The van der Waals surface area contributed by atoms with Crippen molar-refractivity contribution in [3.05, 3.63) is 59.2 Å². The second kappa shape index (κ2) is 7.25. The molecule has 0 aromatic heterocycles. The highest BCUT2D eigenvalue weighted by Gasteiger charge is 2.41. The Labute approximate surface area is 153 Å². The number of nitrogens with zero attached hydrogens (tertiary/aromatic N) is 1. The second-order valence-corrected chi connectivity index (χ2v) is 6.11. The van der Waals surface area contributed by atoms with Crippen molar-refractivity contribution < 1.29 is 9.90 Å². The summed E-state index contributed by atoms with van der Waals surface area (Å²) in [6.07, 6.45) is 2.47. The monoisotopic (exact) mass is 359 g/mol. The van der Waals surface area contributed by atoms with Gasteiger partial charge in [-0.25, -0.2) is 0 Å². The van der Waals surface area contributed by atoms with E-state index in [2.05, 4.69) is 11.9 Å². The van der Waals surface area contributed by atoms with Gasteiger partial charge in [-0.1, -0.05) is 50.1 Å². The molecule has 5 nitrogen and oxygen atoms in total. The van der Waals surface area contributed by atoms with Gasteiger partial charge in [0.2, 0.25) is 0 Å². The standard InChI is InChI=1S/C19H21N3O2.ClH/c1-2-3-10-19(24)15-7-5-4-6-13(15)14-9-8-12(11-16(14)19)17(23)22-18(20)21;/h4-9,11,24H,2-3,10H2,1H3,(H4,20,21,22,23);1H. The van der Waals surface area contributed by atoms with Crippen LogP contribution in [0.4, 0.5) is 0 Å². The lowest BCUT2D eigenvalue weighted by molar-refractivity contribution is 0.0731. The van der Waals surface area contributed by atoms with E-state index in [1.165, 1.54) is 0 Å². The fraction of sp³-hybridized carbons (Fsp3) is 0.263. The zero-order valence-electron chi connectivity index (χ0n) is 14.0. The van der Waals surface area contributed by atoms with Gasteiger partial charge in [-0.05, 0) is 40.8 Å². The molecule has 25 heavy (non-hydrogen) atoms. The number of amides is 1. The minimum absolute atomic E-state index is 0. The Balaban J connectivity index is 0.00000225. The number of aliphatic hydroxyl groups is 1. The Morgan fingerprint density at radius 1 is 1.12 bits per heavy atom. The molecule has 0 heterocycles. The normalized spacial score (nSPS) is 17.2.